The SMILES string of the molecule is CCCCCC(=O)[C@@H]1CCS[C@@](C)(CC)C1. The summed E-state index contributed by atoms with van der Waals surface area (Å²) in [4.78, 5) is 12.1. The van der Waals surface area contributed by atoms with Crippen molar-refractivity contribution in [2.24, 2.45) is 5.92 Å². The molecule has 16 heavy (non-hydrogen) atoms. The van der Waals surface area contributed by atoms with Gasteiger partial charge in [-0.15, -0.1) is 0 Å². The number of ketones is 1. The molecule has 1 nitrogen and oxygen atoms in total. The fourth-order valence-electron chi connectivity index (χ4n) is 2.40. The predicted molar refractivity (Wildman–Crippen MR) is 73.0 cm³/mol. The molecule has 1 saturated heterocycles. The van der Waals surface area contributed by atoms with E-state index in [0.717, 1.165) is 25.7 Å². The summed E-state index contributed by atoms with van der Waals surface area (Å²) in [5.74, 6) is 2.07. The summed E-state index contributed by atoms with van der Waals surface area (Å²) in [6.07, 6.45) is 7.75. The largest absolute Gasteiger partial charge is 0.299 e. The van der Waals surface area contributed by atoms with E-state index in [9.17, 15) is 4.79 Å². The number of carbonyl (C=O) groups excluding carboxylic acids is 1. The molecule has 0 saturated carbocycles. The zero-order valence-corrected chi connectivity index (χ0v) is 11.9. The van der Waals surface area contributed by atoms with Gasteiger partial charge in [-0.25, -0.2) is 0 Å². The quantitative estimate of drug-likeness (QED) is 0.640. The molecule has 1 rings (SSSR count). The van der Waals surface area contributed by atoms with Gasteiger partial charge in [0.1, 0.15) is 5.78 Å². The summed E-state index contributed by atoms with van der Waals surface area (Å²) < 4.78 is 0.364. The number of hydrogen-bond acceptors (Lipinski definition) is 2. The number of rotatable bonds is 6. The second kappa shape index (κ2) is 6.68. The molecule has 0 N–H and O–H groups in total. The predicted octanol–water partition coefficient (Wildman–Crippen LogP) is 4.45. The molecule has 0 radical (unpaired) electrons. The van der Waals surface area contributed by atoms with Gasteiger partial charge in [-0.1, -0.05) is 33.6 Å². The highest BCUT2D eigenvalue weighted by atomic mass is 32.2. The lowest BCUT2D eigenvalue weighted by Crippen LogP contribution is -2.32. The van der Waals surface area contributed by atoms with Crippen LogP contribution in [-0.4, -0.2) is 16.3 Å². The van der Waals surface area contributed by atoms with E-state index in [-0.39, 0.29) is 0 Å². The zero-order valence-electron chi connectivity index (χ0n) is 11.1. The molecule has 0 aliphatic carbocycles. The van der Waals surface area contributed by atoms with Crippen LogP contribution >= 0.6 is 11.8 Å². The average Bonchev–Trinajstić information content (AvgIpc) is 2.29. The molecule has 1 aliphatic rings. The Morgan fingerprint density at radius 3 is 2.75 bits per heavy atom. The molecule has 0 aromatic heterocycles. The minimum absolute atomic E-state index is 0.364. The minimum atomic E-state index is 0.364. The molecule has 2 heteroatoms. The van der Waals surface area contributed by atoms with Crippen molar-refractivity contribution in [1.82, 2.24) is 0 Å². The van der Waals surface area contributed by atoms with E-state index < -0.39 is 0 Å². The van der Waals surface area contributed by atoms with E-state index in [1.807, 2.05) is 0 Å². The lowest BCUT2D eigenvalue weighted by Gasteiger charge is -2.36. The lowest BCUT2D eigenvalue weighted by molar-refractivity contribution is -0.123. The van der Waals surface area contributed by atoms with Crippen LogP contribution in [0.3, 0.4) is 0 Å². The number of hydrogen-bond donors (Lipinski definition) is 0. The van der Waals surface area contributed by atoms with Gasteiger partial charge in [-0.3, -0.25) is 4.79 Å². The van der Waals surface area contributed by atoms with Crippen LogP contribution in [0.1, 0.15) is 65.7 Å². The highest BCUT2D eigenvalue weighted by Gasteiger charge is 2.34. The van der Waals surface area contributed by atoms with Gasteiger partial charge in [0.2, 0.25) is 0 Å². The molecule has 94 valence electrons. The molecule has 0 amide bonds. The molecule has 1 aliphatic heterocycles. The van der Waals surface area contributed by atoms with Gasteiger partial charge in [0, 0.05) is 17.1 Å². The third-order valence-electron chi connectivity index (χ3n) is 3.82. The summed E-state index contributed by atoms with van der Waals surface area (Å²) >= 11 is 2.06. The minimum Gasteiger partial charge on any atom is -0.299 e. The van der Waals surface area contributed by atoms with Crippen LogP contribution in [0.25, 0.3) is 0 Å². The smallest absolute Gasteiger partial charge is 0.136 e. The molecule has 0 bridgehead atoms. The topological polar surface area (TPSA) is 17.1 Å². The van der Waals surface area contributed by atoms with Crippen molar-refractivity contribution in [1.29, 1.82) is 0 Å². The summed E-state index contributed by atoms with van der Waals surface area (Å²) in [6, 6.07) is 0. The fraction of sp³-hybridized carbons (Fsp3) is 0.929. The highest BCUT2D eigenvalue weighted by molar-refractivity contribution is 8.00. The number of carbonyl (C=O) groups is 1. The van der Waals surface area contributed by atoms with Crippen LogP contribution in [0.15, 0.2) is 0 Å². The summed E-state index contributed by atoms with van der Waals surface area (Å²) in [5.41, 5.74) is 0. The van der Waals surface area contributed by atoms with Crippen LogP contribution in [0.2, 0.25) is 0 Å². The van der Waals surface area contributed by atoms with Crippen molar-refractivity contribution in [3.05, 3.63) is 0 Å². The molecular weight excluding hydrogens is 216 g/mol. The molecule has 1 heterocycles. The molecule has 0 aromatic rings. The fourth-order valence-corrected chi connectivity index (χ4v) is 3.82. The molecular formula is C14H26OS. The first kappa shape index (κ1) is 14.1. The van der Waals surface area contributed by atoms with Crippen LogP contribution in [0, 0.1) is 5.92 Å². The van der Waals surface area contributed by atoms with E-state index in [1.54, 1.807) is 0 Å². The first-order chi connectivity index (χ1) is 7.61. The van der Waals surface area contributed by atoms with E-state index in [0.29, 0.717) is 16.4 Å². The Morgan fingerprint density at radius 1 is 1.38 bits per heavy atom. The van der Waals surface area contributed by atoms with Gasteiger partial charge in [-0.2, -0.15) is 11.8 Å². The standard InChI is InChI=1S/C14H26OS/c1-4-6-7-8-13(15)12-9-10-16-14(3,5-2)11-12/h12H,4-11H2,1-3H3/t12-,14+/m1/s1. The second-order valence-electron chi connectivity index (χ2n) is 5.27. The molecule has 2 atom stereocenters. The first-order valence-electron chi connectivity index (χ1n) is 6.78. The summed E-state index contributed by atoms with van der Waals surface area (Å²) in [5, 5.41) is 0. The Morgan fingerprint density at radius 2 is 2.12 bits per heavy atom. The Bertz CT molecular complexity index is 227. The molecule has 0 unspecified atom stereocenters. The number of unbranched alkanes of at least 4 members (excludes halogenated alkanes) is 2. The monoisotopic (exact) mass is 242 g/mol. The van der Waals surface area contributed by atoms with E-state index in [4.69, 9.17) is 0 Å². The van der Waals surface area contributed by atoms with Crippen LogP contribution in [0.5, 0.6) is 0 Å². The lowest BCUT2D eigenvalue weighted by atomic mass is 9.86. The van der Waals surface area contributed by atoms with Crippen molar-refractivity contribution in [2.45, 2.75) is 70.5 Å². The molecule has 0 spiro atoms. The van der Waals surface area contributed by atoms with Gasteiger partial charge in [0.15, 0.2) is 0 Å². The first-order valence-corrected chi connectivity index (χ1v) is 7.76. The zero-order chi connectivity index (χ0) is 12.0. The highest BCUT2D eigenvalue weighted by Crippen LogP contribution is 2.41. The van der Waals surface area contributed by atoms with Crippen molar-refractivity contribution in [3.63, 3.8) is 0 Å². The Hall–Kier alpha value is 0.0200. The number of thioether (sulfide) groups is 1. The number of Topliss-reactive ketones (excluding diaryl/α,β-unsaturated/α-hetero) is 1. The second-order valence-corrected chi connectivity index (χ2v) is 6.95. The van der Waals surface area contributed by atoms with E-state index >= 15 is 0 Å². The van der Waals surface area contributed by atoms with Crippen molar-refractivity contribution in [3.8, 4) is 0 Å². The Kier molecular flexibility index (Phi) is 5.88. The maximum Gasteiger partial charge on any atom is 0.136 e. The van der Waals surface area contributed by atoms with Gasteiger partial charge >= 0.3 is 0 Å². The van der Waals surface area contributed by atoms with Gasteiger partial charge in [0.25, 0.3) is 0 Å². The Labute approximate surface area is 105 Å². The summed E-state index contributed by atoms with van der Waals surface area (Å²) in [6.45, 7) is 6.76. The van der Waals surface area contributed by atoms with Crippen LogP contribution in [-0.2, 0) is 4.79 Å². The van der Waals surface area contributed by atoms with Gasteiger partial charge < -0.3 is 0 Å². The Balaban J connectivity index is 2.38. The molecule has 0 aromatic carbocycles. The van der Waals surface area contributed by atoms with E-state index in [1.165, 1.54) is 25.0 Å². The van der Waals surface area contributed by atoms with E-state index in [2.05, 4.69) is 32.5 Å². The third-order valence-corrected chi connectivity index (χ3v) is 5.42. The van der Waals surface area contributed by atoms with Crippen molar-refractivity contribution >= 4 is 17.5 Å². The normalized spacial score (nSPS) is 30.3. The summed E-state index contributed by atoms with van der Waals surface area (Å²) in [7, 11) is 0. The average molecular weight is 242 g/mol. The van der Waals surface area contributed by atoms with Crippen molar-refractivity contribution in [2.75, 3.05) is 5.75 Å². The van der Waals surface area contributed by atoms with Gasteiger partial charge in [0.05, 0.1) is 0 Å². The molecule has 1 fully saturated rings. The third kappa shape index (κ3) is 4.12. The van der Waals surface area contributed by atoms with Gasteiger partial charge in [-0.05, 0) is 31.4 Å². The van der Waals surface area contributed by atoms with Crippen LogP contribution in [0.4, 0.5) is 0 Å². The van der Waals surface area contributed by atoms with Crippen LogP contribution < -0.4 is 0 Å². The maximum atomic E-state index is 12.1. The van der Waals surface area contributed by atoms with Crippen molar-refractivity contribution < 1.29 is 4.79 Å². The maximum absolute atomic E-state index is 12.1.